The third kappa shape index (κ3) is 4.35. The van der Waals surface area contributed by atoms with E-state index in [0.717, 1.165) is 19.4 Å². The van der Waals surface area contributed by atoms with E-state index in [1.165, 1.54) is 0 Å². The van der Waals surface area contributed by atoms with Gasteiger partial charge in [-0.05, 0) is 26.8 Å². The summed E-state index contributed by atoms with van der Waals surface area (Å²) in [5.41, 5.74) is 0.0186. The van der Waals surface area contributed by atoms with Crippen molar-refractivity contribution in [1.82, 2.24) is 5.32 Å². The zero-order valence-corrected chi connectivity index (χ0v) is 7.68. The first kappa shape index (κ1) is 10.9. The molecule has 2 N–H and O–H groups in total. The second-order valence-corrected chi connectivity index (χ2v) is 3.03. The Hall–Kier alpha value is -0.120. The standard InChI is InChI=1S/C8H19NO2/c1-8(9-2,4-6-10)5-7-11-3/h9-10H,4-7H2,1-3H3. The van der Waals surface area contributed by atoms with Crippen LogP contribution in [0.4, 0.5) is 0 Å². The highest BCUT2D eigenvalue weighted by Gasteiger charge is 2.19. The van der Waals surface area contributed by atoms with Crippen LogP contribution >= 0.6 is 0 Å². The third-order valence-electron chi connectivity index (χ3n) is 2.13. The van der Waals surface area contributed by atoms with Gasteiger partial charge in [-0.3, -0.25) is 0 Å². The lowest BCUT2D eigenvalue weighted by Crippen LogP contribution is -2.41. The number of aliphatic hydroxyl groups excluding tert-OH is 1. The number of nitrogens with one attached hydrogen (secondary N) is 1. The third-order valence-corrected chi connectivity index (χ3v) is 2.13. The number of hydrogen-bond acceptors (Lipinski definition) is 3. The Balaban J connectivity index is 3.68. The predicted octanol–water partition coefficient (Wildman–Crippen LogP) is 0.383. The van der Waals surface area contributed by atoms with E-state index in [1.54, 1.807) is 7.11 Å². The highest BCUT2D eigenvalue weighted by Crippen LogP contribution is 2.12. The molecule has 0 amide bonds. The van der Waals surface area contributed by atoms with Gasteiger partial charge in [-0.15, -0.1) is 0 Å². The molecule has 11 heavy (non-hydrogen) atoms. The van der Waals surface area contributed by atoms with Gasteiger partial charge in [-0.25, -0.2) is 0 Å². The van der Waals surface area contributed by atoms with Crippen molar-refractivity contribution in [3.8, 4) is 0 Å². The van der Waals surface area contributed by atoms with Crippen molar-refractivity contribution in [3.63, 3.8) is 0 Å². The zero-order chi connectivity index (χ0) is 8.74. The van der Waals surface area contributed by atoms with E-state index in [2.05, 4.69) is 12.2 Å². The highest BCUT2D eigenvalue weighted by molar-refractivity contribution is 4.80. The van der Waals surface area contributed by atoms with Gasteiger partial charge in [-0.1, -0.05) is 0 Å². The van der Waals surface area contributed by atoms with Gasteiger partial charge in [0, 0.05) is 25.9 Å². The van der Waals surface area contributed by atoms with Crippen molar-refractivity contribution >= 4 is 0 Å². The second-order valence-electron chi connectivity index (χ2n) is 3.03. The molecule has 0 rings (SSSR count). The molecule has 0 aliphatic rings. The Bertz CT molecular complexity index is 98.1. The molecule has 0 bridgehead atoms. The van der Waals surface area contributed by atoms with Crippen LogP contribution in [-0.2, 0) is 4.74 Å². The summed E-state index contributed by atoms with van der Waals surface area (Å²) in [4.78, 5) is 0. The first-order valence-corrected chi connectivity index (χ1v) is 3.97. The summed E-state index contributed by atoms with van der Waals surface area (Å²) >= 11 is 0. The number of rotatable bonds is 6. The van der Waals surface area contributed by atoms with E-state index in [4.69, 9.17) is 9.84 Å². The van der Waals surface area contributed by atoms with Crippen molar-refractivity contribution in [2.75, 3.05) is 27.4 Å². The number of hydrogen-bond donors (Lipinski definition) is 2. The van der Waals surface area contributed by atoms with Crippen LogP contribution < -0.4 is 5.32 Å². The molecule has 0 spiro atoms. The van der Waals surface area contributed by atoms with Crippen LogP contribution in [0.25, 0.3) is 0 Å². The maximum Gasteiger partial charge on any atom is 0.0479 e. The van der Waals surface area contributed by atoms with E-state index < -0.39 is 0 Å². The van der Waals surface area contributed by atoms with E-state index in [0.29, 0.717) is 0 Å². The quantitative estimate of drug-likeness (QED) is 0.592. The van der Waals surface area contributed by atoms with E-state index in [9.17, 15) is 0 Å². The summed E-state index contributed by atoms with van der Waals surface area (Å²) in [6.07, 6.45) is 1.70. The van der Waals surface area contributed by atoms with Gasteiger partial charge in [0.25, 0.3) is 0 Å². The Morgan fingerprint density at radius 2 is 2.09 bits per heavy atom. The molecule has 0 radical (unpaired) electrons. The molecule has 0 aliphatic heterocycles. The Morgan fingerprint density at radius 3 is 2.45 bits per heavy atom. The fourth-order valence-electron chi connectivity index (χ4n) is 0.949. The van der Waals surface area contributed by atoms with Gasteiger partial charge in [0.2, 0.25) is 0 Å². The fraction of sp³-hybridized carbons (Fsp3) is 1.00. The molecule has 3 heteroatoms. The van der Waals surface area contributed by atoms with Gasteiger partial charge < -0.3 is 15.2 Å². The van der Waals surface area contributed by atoms with Crippen molar-refractivity contribution < 1.29 is 9.84 Å². The largest absolute Gasteiger partial charge is 0.396 e. The van der Waals surface area contributed by atoms with Gasteiger partial charge >= 0.3 is 0 Å². The van der Waals surface area contributed by atoms with Crippen LogP contribution in [0.2, 0.25) is 0 Å². The second kappa shape index (κ2) is 5.52. The average molecular weight is 161 g/mol. The molecule has 1 unspecified atom stereocenters. The maximum atomic E-state index is 8.75. The van der Waals surface area contributed by atoms with Crippen molar-refractivity contribution in [1.29, 1.82) is 0 Å². The minimum atomic E-state index is 0.0186. The lowest BCUT2D eigenvalue weighted by atomic mass is 9.95. The fourth-order valence-corrected chi connectivity index (χ4v) is 0.949. The topological polar surface area (TPSA) is 41.5 Å². The highest BCUT2D eigenvalue weighted by atomic mass is 16.5. The van der Waals surface area contributed by atoms with E-state index in [-0.39, 0.29) is 12.1 Å². The van der Waals surface area contributed by atoms with Gasteiger partial charge in [0.1, 0.15) is 0 Å². The Labute approximate surface area is 68.8 Å². The molecule has 0 heterocycles. The molecular weight excluding hydrogens is 142 g/mol. The summed E-state index contributed by atoms with van der Waals surface area (Å²) in [6, 6.07) is 0. The van der Waals surface area contributed by atoms with E-state index in [1.807, 2.05) is 7.05 Å². The number of ether oxygens (including phenoxy) is 1. The molecule has 68 valence electrons. The average Bonchev–Trinajstić information content (AvgIpc) is 2.02. The maximum absolute atomic E-state index is 8.75. The monoisotopic (exact) mass is 161 g/mol. The summed E-state index contributed by atoms with van der Waals surface area (Å²) < 4.78 is 4.96. The molecule has 3 nitrogen and oxygen atoms in total. The van der Waals surface area contributed by atoms with E-state index >= 15 is 0 Å². The zero-order valence-electron chi connectivity index (χ0n) is 7.68. The summed E-state index contributed by atoms with van der Waals surface area (Å²) in [7, 11) is 3.60. The first-order valence-electron chi connectivity index (χ1n) is 3.97. The predicted molar refractivity (Wildman–Crippen MR) is 45.7 cm³/mol. The first-order chi connectivity index (χ1) is 5.18. The molecule has 0 aliphatic carbocycles. The van der Waals surface area contributed by atoms with Crippen LogP contribution in [0.5, 0.6) is 0 Å². The normalized spacial score (nSPS) is 16.4. The van der Waals surface area contributed by atoms with Crippen molar-refractivity contribution in [3.05, 3.63) is 0 Å². The van der Waals surface area contributed by atoms with Crippen LogP contribution in [0.15, 0.2) is 0 Å². The van der Waals surface area contributed by atoms with Gasteiger partial charge in [0.05, 0.1) is 0 Å². The minimum absolute atomic E-state index is 0.0186. The van der Waals surface area contributed by atoms with Crippen LogP contribution in [0, 0.1) is 0 Å². The smallest absolute Gasteiger partial charge is 0.0479 e. The molecule has 0 aromatic heterocycles. The Kier molecular flexibility index (Phi) is 5.46. The lowest BCUT2D eigenvalue weighted by molar-refractivity contribution is 0.145. The summed E-state index contributed by atoms with van der Waals surface area (Å²) in [5, 5.41) is 11.9. The minimum Gasteiger partial charge on any atom is -0.396 e. The summed E-state index contributed by atoms with van der Waals surface area (Å²) in [6.45, 7) is 3.04. The van der Waals surface area contributed by atoms with Crippen LogP contribution in [0.3, 0.4) is 0 Å². The summed E-state index contributed by atoms with van der Waals surface area (Å²) in [5.74, 6) is 0. The number of methoxy groups -OCH3 is 1. The van der Waals surface area contributed by atoms with Crippen molar-refractivity contribution in [2.45, 2.75) is 25.3 Å². The van der Waals surface area contributed by atoms with Crippen LogP contribution in [0.1, 0.15) is 19.8 Å². The van der Waals surface area contributed by atoms with Gasteiger partial charge in [-0.2, -0.15) is 0 Å². The molecule has 1 atom stereocenters. The molecule has 0 saturated heterocycles. The number of aliphatic hydroxyl groups is 1. The molecule has 0 aromatic carbocycles. The molecular formula is C8H19NO2. The molecule has 0 fully saturated rings. The van der Waals surface area contributed by atoms with Crippen LogP contribution in [-0.4, -0.2) is 38.0 Å². The SMILES string of the molecule is CNC(C)(CCO)CCOC. The van der Waals surface area contributed by atoms with Gasteiger partial charge in [0.15, 0.2) is 0 Å². The molecule has 0 saturated carbocycles. The Morgan fingerprint density at radius 1 is 1.45 bits per heavy atom. The molecule has 0 aromatic rings. The van der Waals surface area contributed by atoms with Crippen molar-refractivity contribution in [2.24, 2.45) is 0 Å². The lowest BCUT2D eigenvalue weighted by Gasteiger charge is -2.28.